The highest BCUT2D eigenvalue weighted by molar-refractivity contribution is 14.1. The van der Waals surface area contributed by atoms with Crippen molar-refractivity contribution in [1.82, 2.24) is 4.98 Å². The van der Waals surface area contributed by atoms with Gasteiger partial charge in [-0.05, 0) is 19.1 Å². The lowest BCUT2D eigenvalue weighted by Gasteiger charge is -1.97. The van der Waals surface area contributed by atoms with Gasteiger partial charge < -0.3 is 4.42 Å². The van der Waals surface area contributed by atoms with Crippen LogP contribution in [-0.2, 0) is 0 Å². The number of aromatic nitrogens is 1. The van der Waals surface area contributed by atoms with Crippen molar-refractivity contribution in [3.63, 3.8) is 0 Å². The van der Waals surface area contributed by atoms with Gasteiger partial charge in [0.15, 0.2) is 0 Å². The van der Waals surface area contributed by atoms with Crippen LogP contribution in [0, 0.1) is 10.8 Å². The topological polar surface area (TPSA) is 26.0 Å². The van der Waals surface area contributed by atoms with Gasteiger partial charge in [0.2, 0.25) is 0 Å². The zero-order valence-corrected chi connectivity index (χ0v) is 11.2. The Balaban J connectivity index is 2.54. The van der Waals surface area contributed by atoms with Crippen molar-refractivity contribution in [1.29, 1.82) is 0 Å². The number of halogens is 2. The molecular formula is C10H7BrINO. The molecule has 1 aromatic heterocycles. The number of hydrogen-bond donors (Lipinski definition) is 0. The van der Waals surface area contributed by atoms with Crippen LogP contribution in [0.5, 0.6) is 0 Å². The fourth-order valence-corrected chi connectivity index (χ4v) is 2.24. The summed E-state index contributed by atoms with van der Waals surface area (Å²) in [5.41, 5.74) is 1.99. The summed E-state index contributed by atoms with van der Waals surface area (Å²) in [6.07, 6.45) is 0. The summed E-state index contributed by atoms with van der Waals surface area (Å²) in [5.74, 6) is 0.854. The van der Waals surface area contributed by atoms with Gasteiger partial charge in [-0.2, -0.15) is 0 Å². The Morgan fingerprint density at radius 3 is 2.79 bits per heavy atom. The van der Waals surface area contributed by atoms with Gasteiger partial charge in [-0.15, -0.1) is 0 Å². The predicted molar refractivity (Wildman–Crippen MR) is 67.1 cm³/mol. The van der Waals surface area contributed by atoms with Gasteiger partial charge in [0.05, 0.1) is 0 Å². The molecule has 2 aromatic rings. The molecule has 0 radical (unpaired) electrons. The second kappa shape index (κ2) is 4.02. The van der Waals surface area contributed by atoms with E-state index in [1.54, 1.807) is 0 Å². The quantitative estimate of drug-likeness (QED) is 0.715. The minimum atomic E-state index is 0.676. The molecule has 14 heavy (non-hydrogen) atoms. The first-order valence-corrected chi connectivity index (χ1v) is 5.93. The Labute approximate surface area is 104 Å². The molecule has 1 aromatic carbocycles. The second-order valence-corrected chi connectivity index (χ2v) is 4.72. The maximum absolute atomic E-state index is 5.37. The van der Waals surface area contributed by atoms with Crippen LogP contribution < -0.4 is 0 Å². The number of rotatable bonds is 1. The summed E-state index contributed by atoms with van der Waals surface area (Å²) in [6.45, 7) is 1.92. The Bertz CT molecular complexity index is 467. The molecule has 0 N–H and O–H groups in total. The van der Waals surface area contributed by atoms with E-state index in [2.05, 4.69) is 43.5 Å². The highest BCUT2D eigenvalue weighted by atomic mass is 127. The third-order valence-corrected chi connectivity index (χ3v) is 2.82. The molecule has 0 aliphatic carbocycles. The van der Waals surface area contributed by atoms with E-state index in [9.17, 15) is 0 Å². The van der Waals surface area contributed by atoms with Gasteiger partial charge in [-0.3, -0.25) is 0 Å². The van der Waals surface area contributed by atoms with Gasteiger partial charge in [0.25, 0.3) is 3.90 Å². The summed E-state index contributed by atoms with van der Waals surface area (Å²) in [5, 5.41) is 0. The molecule has 0 fully saturated rings. The molecule has 0 aliphatic heterocycles. The predicted octanol–water partition coefficient (Wildman–Crippen LogP) is 4.02. The number of oxazole rings is 1. The number of hydrogen-bond acceptors (Lipinski definition) is 2. The summed E-state index contributed by atoms with van der Waals surface area (Å²) in [7, 11) is 0. The second-order valence-electron chi connectivity index (χ2n) is 2.88. The molecule has 0 bridgehead atoms. The average Bonchev–Trinajstić information content (AvgIpc) is 2.45. The van der Waals surface area contributed by atoms with E-state index < -0.39 is 0 Å². The van der Waals surface area contributed by atoms with Crippen LogP contribution in [0.25, 0.3) is 11.3 Å². The first-order valence-electron chi connectivity index (χ1n) is 4.05. The highest BCUT2D eigenvalue weighted by Crippen LogP contribution is 2.26. The molecule has 4 heteroatoms. The highest BCUT2D eigenvalue weighted by Gasteiger charge is 2.09. The number of benzene rings is 1. The fraction of sp³-hybridized carbons (Fsp3) is 0.100. The van der Waals surface area contributed by atoms with E-state index in [1.165, 1.54) is 0 Å². The van der Waals surface area contributed by atoms with E-state index >= 15 is 0 Å². The van der Waals surface area contributed by atoms with Crippen molar-refractivity contribution >= 4 is 38.5 Å². The summed E-state index contributed by atoms with van der Waals surface area (Å²) < 4.78 is 7.09. The van der Waals surface area contributed by atoms with Crippen molar-refractivity contribution < 1.29 is 4.42 Å². The van der Waals surface area contributed by atoms with E-state index in [0.717, 1.165) is 21.5 Å². The van der Waals surface area contributed by atoms with Gasteiger partial charge in [-0.25, -0.2) is 4.98 Å². The zero-order valence-electron chi connectivity index (χ0n) is 7.42. The molecule has 0 saturated heterocycles. The number of aryl methyl sites for hydroxylation is 1. The lowest BCUT2D eigenvalue weighted by Crippen LogP contribution is -1.80. The van der Waals surface area contributed by atoms with Crippen LogP contribution in [0.2, 0.25) is 0 Å². The van der Waals surface area contributed by atoms with Crippen LogP contribution in [0.4, 0.5) is 0 Å². The Morgan fingerprint density at radius 2 is 2.21 bits per heavy atom. The first-order chi connectivity index (χ1) is 6.66. The Kier molecular flexibility index (Phi) is 2.92. The molecule has 2 nitrogen and oxygen atoms in total. The van der Waals surface area contributed by atoms with E-state index in [4.69, 9.17) is 4.42 Å². The average molecular weight is 364 g/mol. The molecule has 0 amide bonds. The van der Waals surface area contributed by atoms with Gasteiger partial charge in [-0.1, -0.05) is 28.1 Å². The van der Waals surface area contributed by atoms with Crippen molar-refractivity contribution in [2.24, 2.45) is 0 Å². The smallest absolute Gasteiger partial charge is 0.257 e. The largest absolute Gasteiger partial charge is 0.437 e. The number of nitrogens with zero attached hydrogens (tertiary/aromatic N) is 1. The maximum atomic E-state index is 5.37. The maximum Gasteiger partial charge on any atom is 0.257 e. The van der Waals surface area contributed by atoms with Crippen LogP contribution in [-0.4, -0.2) is 4.98 Å². The monoisotopic (exact) mass is 363 g/mol. The molecule has 1 heterocycles. The third-order valence-electron chi connectivity index (χ3n) is 1.87. The molecule has 0 saturated carbocycles. The van der Waals surface area contributed by atoms with Crippen molar-refractivity contribution in [3.05, 3.63) is 38.4 Å². The van der Waals surface area contributed by atoms with Crippen LogP contribution >= 0.6 is 38.5 Å². The molecule has 0 aliphatic rings. The normalized spacial score (nSPS) is 10.5. The van der Waals surface area contributed by atoms with Crippen molar-refractivity contribution in [2.45, 2.75) is 6.92 Å². The Hall–Kier alpha value is -0.360. The van der Waals surface area contributed by atoms with Gasteiger partial charge >= 0.3 is 0 Å². The molecule has 2 rings (SSSR count). The Morgan fingerprint density at radius 1 is 1.43 bits per heavy atom. The van der Waals surface area contributed by atoms with E-state index in [1.807, 2.05) is 31.2 Å². The third kappa shape index (κ3) is 2.00. The summed E-state index contributed by atoms with van der Waals surface area (Å²) in [6, 6.07) is 8.02. The van der Waals surface area contributed by atoms with Crippen LogP contribution in [0.3, 0.4) is 0 Å². The van der Waals surface area contributed by atoms with E-state index in [-0.39, 0.29) is 0 Å². The fourth-order valence-electron chi connectivity index (χ4n) is 1.27. The minimum Gasteiger partial charge on any atom is -0.437 e. The molecule has 72 valence electrons. The van der Waals surface area contributed by atoms with Crippen molar-refractivity contribution in [2.75, 3.05) is 0 Å². The van der Waals surface area contributed by atoms with Crippen LogP contribution in [0.1, 0.15) is 5.76 Å². The molecular weight excluding hydrogens is 357 g/mol. The minimum absolute atomic E-state index is 0.676. The van der Waals surface area contributed by atoms with Crippen molar-refractivity contribution in [3.8, 4) is 11.3 Å². The van der Waals surface area contributed by atoms with Crippen LogP contribution in [0.15, 0.2) is 33.2 Å². The lowest BCUT2D eigenvalue weighted by molar-refractivity contribution is 0.497. The summed E-state index contributed by atoms with van der Waals surface area (Å²) in [4.78, 5) is 4.32. The SMILES string of the molecule is Cc1oc(I)nc1-c1cccc(Br)c1. The summed E-state index contributed by atoms with van der Waals surface area (Å²) >= 11 is 5.50. The molecule has 0 atom stereocenters. The van der Waals surface area contributed by atoms with Gasteiger partial charge in [0.1, 0.15) is 11.5 Å². The molecule has 0 unspecified atom stereocenters. The van der Waals surface area contributed by atoms with Gasteiger partial charge in [0, 0.05) is 32.6 Å². The lowest BCUT2D eigenvalue weighted by atomic mass is 10.1. The molecule has 0 spiro atoms. The zero-order chi connectivity index (χ0) is 10.1. The van der Waals surface area contributed by atoms with E-state index in [0.29, 0.717) is 3.90 Å². The standard InChI is InChI=1S/C10H7BrINO/c1-6-9(13-10(12)14-6)7-3-2-4-8(11)5-7/h2-5H,1H3. The first kappa shape index (κ1) is 10.2.